The lowest BCUT2D eigenvalue weighted by molar-refractivity contribution is -0.360. The molecule has 0 spiro atoms. The second-order valence-corrected chi connectivity index (χ2v) is 26.7. The van der Waals surface area contributed by atoms with Gasteiger partial charge in [-0.05, 0) is 19.3 Å². The molecule has 0 aromatic carbocycles. The number of phosphoric acid groups is 1. The Bertz CT molecular complexity index is 1890. The zero-order valence-electron chi connectivity index (χ0n) is 54.7. The lowest BCUT2D eigenvalue weighted by atomic mass is 9.84. The Balaban J connectivity index is 1.77. The lowest BCUT2D eigenvalue weighted by Gasteiger charge is -2.49. The van der Waals surface area contributed by atoms with Crippen LogP contribution in [0.1, 0.15) is 265 Å². The van der Waals surface area contributed by atoms with E-state index in [0.717, 1.165) is 96.3 Å². The van der Waals surface area contributed by atoms with Gasteiger partial charge in [0.2, 0.25) is 0 Å². The molecule has 2 aliphatic heterocycles. The molecule has 18 unspecified atom stereocenters. The second kappa shape index (κ2) is 48.6. The number of hydrogen-bond donors (Lipinski definition) is 11. The highest BCUT2D eigenvalue weighted by molar-refractivity contribution is 7.47. The predicted molar refractivity (Wildman–Crippen MR) is 333 cm³/mol. The van der Waals surface area contributed by atoms with Crippen molar-refractivity contribution in [2.24, 2.45) is 0 Å². The molecule has 530 valence electrons. The van der Waals surface area contributed by atoms with Crippen LogP contribution >= 0.6 is 7.82 Å². The molecule has 1 saturated carbocycles. The zero-order chi connectivity index (χ0) is 66.1. The van der Waals surface area contributed by atoms with E-state index in [4.69, 9.17) is 42.2 Å². The quantitative estimate of drug-likeness (QED) is 0.0119. The molecule has 0 aromatic rings. The van der Waals surface area contributed by atoms with E-state index < -0.39 is 156 Å². The fraction of sp³-hybridized carbons (Fsp3) is 0.954. The van der Waals surface area contributed by atoms with Crippen LogP contribution in [0.3, 0.4) is 0 Å². The summed E-state index contributed by atoms with van der Waals surface area (Å²) in [6, 6.07) is 0. The van der Waals surface area contributed by atoms with Gasteiger partial charge in [0.15, 0.2) is 18.7 Å². The van der Waals surface area contributed by atoms with Gasteiger partial charge in [-0.3, -0.25) is 23.4 Å². The number of esters is 3. The van der Waals surface area contributed by atoms with Gasteiger partial charge in [-0.25, -0.2) is 4.57 Å². The van der Waals surface area contributed by atoms with E-state index in [0.29, 0.717) is 19.3 Å². The molecule has 3 fully saturated rings. The minimum Gasteiger partial charge on any atom is -0.463 e. The summed E-state index contributed by atoms with van der Waals surface area (Å²) < 4.78 is 64.7. The fourth-order valence-corrected chi connectivity index (χ4v) is 12.6. The van der Waals surface area contributed by atoms with Crippen LogP contribution in [0.5, 0.6) is 0 Å². The number of hydrogen-bond acceptors (Lipinski definition) is 23. The first-order valence-corrected chi connectivity index (χ1v) is 36.3. The van der Waals surface area contributed by atoms with Gasteiger partial charge >= 0.3 is 25.7 Å². The maximum Gasteiger partial charge on any atom is 0.472 e. The highest BCUT2D eigenvalue weighted by Crippen LogP contribution is 2.49. The molecular weight excluding hydrogens is 1200 g/mol. The van der Waals surface area contributed by atoms with Gasteiger partial charge in [-0.1, -0.05) is 226 Å². The molecular formula is C65H121O24P. The van der Waals surface area contributed by atoms with Crippen LogP contribution in [0.25, 0.3) is 0 Å². The van der Waals surface area contributed by atoms with Crippen molar-refractivity contribution in [1.29, 1.82) is 0 Å². The number of rotatable bonds is 53. The normalized spacial score (nSPS) is 29.0. The summed E-state index contributed by atoms with van der Waals surface area (Å²) in [4.78, 5) is 50.7. The molecule has 0 amide bonds. The maximum atomic E-state index is 14.3. The molecule has 0 bridgehead atoms. The third kappa shape index (κ3) is 32.6. The van der Waals surface area contributed by atoms with Crippen molar-refractivity contribution >= 4 is 25.7 Å². The smallest absolute Gasteiger partial charge is 0.463 e. The lowest BCUT2D eigenvalue weighted by Crippen LogP contribution is -2.69. The maximum absolute atomic E-state index is 14.3. The highest BCUT2D eigenvalue weighted by Gasteiger charge is 2.58. The van der Waals surface area contributed by atoms with E-state index >= 15 is 0 Å². The van der Waals surface area contributed by atoms with Gasteiger partial charge in [-0.2, -0.15) is 0 Å². The van der Waals surface area contributed by atoms with Gasteiger partial charge in [-0.15, -0.1) is 0 Å². The SMILES string of the molecule is CCCCCCCCCCCCCCCC(=O)OCC1OC(OC2C(O)C(O)C(O)C(OC3OC(CO)C(O)C(O)C3O)C2OP(=O)(O)OCC(COC(=O)CCCCCCCCCCCCC)OC(=O)CCCCCCCCCCCCC)C(O)C(O)C1O. The molecule has 2 heterocycles. The van der Waals surface area contributed by atoms with E-state index in [1.807, 2.05) is 0 Å². The number of phosphoric ester groups is 1. The minimum atomic E-state index is -5.68. The van der Waals surface area contributed by atoms with E-state index in [2.05, 4.69) is 20.8 Å². The Morgan fingerprint density at radius 2 is 0.711 bits per heavy atom. The predicted octanol–water partition coefficient (Wildman–Crippen LogP) is 7.84. The number of unbranched alkanes of at least 4 members (excludes halogenated alkanes) is 32. The summed E-state index contributed by atoms with van der Waals surface area (Å²) in [5.41, 5.74) is 0. The average molecular weight is 1320 g/mol. The molecule has 0 radical (unpaired) electrons. The Labute approximate surface area is 536 Å². The largest absolute Gasteiger partial charge is 0.472 e. The molecule has 25 heteroatoms. The average Bonchev–Trinajstić information content (AvgIpc) is 0.803. The van der Waals surface area contributed by atoms with Crippen LogP contribution in [0.15, 0.2) is 0 Å². The van der Waals surface area contributed by atoms with Crippen LogP contribution in [0, 0.1) is 0 Å². The summed E-state index contributed by atoms with van der Waals surface area (Å²) >= 11 is 0. The Kier molecular flexibility index (Phi) is 44.4. The van der Waals surface area contributed by atoms with Crippen LogP contribution in [0.4, 0.5) is 0 Å². The van der Waals surface area contributed by atoms with Crippen molar-refractivity contribution in [3.05, 3.63) is 0 Å². The first kappa shape index (κ1) is 82.2. The third-order valence-electron chi connectivity index (χ3n) is 17.4. The molecule has 2 saturated heterocycles. The van der Waals surface area contributed by atoms with Crippen molar-refractivity contribution in [3.8, 4) is 0 Å². The molecule has 11 N–H and O–H groups in total. The third-order valence-corrected chi connectivity index (χ3v) is 18.4. The molecule has 0 aromatic heterocycles. The van der Waals surface area contributed by atoms with Crippen molar-refractivity contribution in [1.82, 2.24) is 0 Å². The number of carbonyl (C=O) groups excluding carboxylic acids is 3. The van der Waals surface area contributed by atoms with Gasteiger partial charge < -0.3 is 89.1 Å². The monoisotopic (exact) mass is 1320 g/mol. The van der Waals surface area contributed by atoms with Crippen LogP contribution in [0.2, 0.25) is 0 Å². The summed E-state index contributed by atoms with van der Waals surface area (Å²) in [6.45, 7) is 3.40. The molecule has 1 aliphatic carbocycles. The fourth-order valence-electron chi connectivity index (χ4n) is 11.6. The van der Waals surface area contributed by atoms with Crippen molar-refractivity contribution in [2.45, 2.75) is 369 Å². The first-order chi connectivity index (χ1) is 43.3. The first-order valence-electron chi connectivity index (χ1n) is 34.8. The van der Waals surface area contributed by atoms with E-state index in [1.165, 1.54) is 109 Å². The molecule has 3 rings (SSSR count). The zero-order valence-corrected chi connectivity index (χ0v) is 55.6. The van der Waals surface area contributed by atoms with Gasteiger partial charge in [0.05, 0.1) is 13.2 Å². The topological polar surface area (TPSA) is 374 Å². The summed E-state index contributed by atoms with van der Waals surface area (Å²) in [5.74, 6) is -1.98. The summed E-state index contributed by atoms with van der Waals surface area (Å²) in [7, 11) is -5.68. The van der Waals surface area contributed by atoms with Crippen LogP contribution < -0.4 is 0 Å². The Hall–Kier alpha value is -2.04. The molecule has 90 heavy (non-hydrogen) atoms. The van der Waals surface area contributed by atoms with E-state index in [-0.39, 0.29) is 19.3 Å². The Morgan fingerprint density at radius 1 is 0.389 bits per heavy atom. The minimum absolute atomic E-state index is 0.0333. The summed E-state index contributed by atoms with van der Waals surface area (Å²) in [5, 5.41) is 110. The van der Waals surface area contributed by atoms with Crippen molar-refractivity contribution < 1.29 is 117 Å². The highest BCUT2D eigenvalue weighted by atomic mass is 31.2. The number of aliphatic hydroxyl groups excluding tert-OH is 10. The molecule has 3 aliphatic rings. The van der Waals surface area contributed by atoms with Crippen LogP contribution in [-0.2, 0) is 61.2 Å². The number of ether oxygens (including phenoxy) is 7. The van der Waals surface area contributed by atoms with Gasteiger partial charge in [0, 0.05) is 19.3 Å². The number of carbonyl (C=O) groups is 3. The van der Waals surface area contributed by atoms with E-state index in [1.54, 1.807) is 0 Å². The summed E-state index contributed by atoms with van der Waals surface area (Å²) in [6.07, 6.45) is 2.20. The number of aliphatic hydroxyl groups is 10. The molecule has 24 nitrogen and oxygen atoms in total. The van der Waals surface area contributed by atoms with Crippen molar-refractivity contribution in [2.75, 3.05) is 26.4 Å². The van der Waals surface area contributed by atoms with Gasteiger partial charge in [0.25, 0.3) is 0 Å². The van der Waals surface area contributed by atoms with Crippen LogP contribution in [-0.4, -0.2) is 204 Å². The van der Waals surface area contributed by atoms with E-state index in [9.17, 15) is 74.9 Å². The standard InChI is InChI=1S/C65H121O24P/c1-4-7-10-13-16-19-22-23-26-28-31-34-37-40-50(68)82-45-48-53(71)55(73)60(78)65(86-48)88-62-58(76)56(74)57(75)61(87-64-59(77)54(72)52(70)47(42-66)85-64)63(62)89-90(79,80)83-44-46(84-51(69)41-38-35-32-29-25-21-18-15-12-9-6-3)43-81-49(67)39-36-33-30-27-24-20-17-14-11-8-5-2/h46-48,52-66,70-78H,4-45H2,1-3H3,(H,79,80). The van der Waals surface area contributed by atoms with Crippen molar-refractivity contribution in [3.63, 3.8) is 0 Å². The second-order valence-electron chi connectivity index (χ2n) is 25.3. The van der Waals surface area contributed by atoms with Gasteiger partial charge in [0.1, 0.15) is 98.7 Å². The Morgan fingerprint density at radius 3 is 1.09 bits per heavy atom. The molecule has 18 atom stereocenters.